The maximum Gasteiger partial charge on any atom is 0.326 e. The van der Waals surface area contributed by atoms with Gasteiger partial charge in [-0.25, -0.2) is 4.79 Å². The fourth-order valence-electron chi connectivity index (χ4n) is 1.51. The molecule has 0 amide bonds. The van der Waals surface area contributed by atoms with E-state index in [-0.39, 0.29) is 5.56 Å². The summed E-state index contributed by atoms with van der Waals surface area (Å²) in [5.74, 6) is 0. The second-order valence-corrected chi connectivity index (χ2v) is 3.29. The van der Waals surface area contributed by atoms with Crippen molar-refractivity contribution < 1.29 is 5.11 Å². The molecule has 2 aromatic rings. The van der Waals surface area contributed by atoms with Gasteiger partial charge in [-0.1, -0.05) is 30.3 Å². The summed E-state index contributed by atoms with van der Waals surface area (Å²) in [5.41, 5.74) is 0.0588. The number of rotatable bonds is 2. The van der Waals surface area contributed by atoms with E-state index in [1.54, 1.807) is 24.3 Å². The standard InChI is InChI=1S/C11H10N2O3/c14-6-8-9(7-4-2-1-3-5-7)12-11(16)13-10(8)15/h1-5,14H,6H2,(H2,12,13,15,16). The van der Waals surface area contributed by atoms with E-state index in [1.807, 2.05) is 6.07 Å². The van der Waals surface area contributed by atoms with Gasteiger partial charge in [0, 0.05) is 0 Å². The molecule has 0 bridgehead atoms. The summed E-state index contributed by atoms with van der Waals surface area (Å²) in [5, 5.41) is 9.11. The SMILES string of the molecule is O=c1[nH]c(-c2ccccc2)c(CO)c(=O)[nH]1. The molecule has 0 aliphatic carbocycles. The predicted molar refractivity (Wildman–Crippen MR) is 59.0 cm³/mol. The summed E-state index contributed by atoms with van der Waals surface area (Å²) in [6.45, 7) is -0.420. The van der Waals surface area contributed by atoms with Gasteiger partial charge < -0.3 is 10.1 Å². The van der Waals surface area contributed by atoms with Crippen LogP contribution >= 0.6 is 0 Å². The zero-order chi connectivity index (χ0) is 11.5. The zero-order valence-electron chi connectivity index (χ0n) is 8.36. The molecule has 3 N–H and O–H groups in total. The number of H-pyrrole nitrogens is 2. The van der Waals surface area contributed by atoms with Gasteiger partial charge in [0.05, 0.1) is 17.9 Å². The quantitative estimate of drug-likeness (QED) is 0.674. The normalized spacial score (nSPS) is 10.3. The van der Waals surface area contributed by atoms with Crippen LogP contribution in [0, 0.1) is 0 Å². The molecule has 0 aliphatic heterocycles. The Hall–Kier alpha value is -2.14. The molecule has 0 unspecified atom stereocenters. The summed E-state index contributed by atoms with van der Waals surface area (Å²) in [7, 11) is 0. The number of aliphatic hydroxyl groups excluding tert-OH is 1. The molecule has 1 aromatic heterocycles. The number of hydrogen-bond acceptors (Lipinski definition) is 3. The van der Waals surface area contributed by atoms with Crippen molar-refractivity contribution in [2.24, 2.45) is 0 Å². The number of aromatic amines is 2. The third kappa shape index (κ3) is 1.80. The first-order chi connectivity index (χ1) is 7.72. The fraction of sp³-hybridized carbons (Fsp3) is 0.0909. The van der Waals surface area contributed by atoms with Crippen LogP contribution in [0.15, 0.2) is 39.9 Å². The Kier molecular flexibility index (Phi) is 2.70. The van der Waals surface area contributed by atoms with Crippen molar-refractivity contribution in [3.05, 3.63) is 56.7 Å². The molecule has 0 saturated carbocycles. The molecule has 0 fully saturated rings. The summed E-state index contributed by atoms with van der Waals surface area (Å²) in [6, 6.07) is 8.91. The number of aliphatic hydroxyl groups is 1. The van der Waals surface area contributed by atoms with Gasteiger partial charge in [-0.3, -0.25) is 9.78 Å². The van der Waals surface area contributed by atoms with Crippen LogP contribution in [-0.4, -0.2) is 15.1 Å². The summed E-state index contributed by atoms with van der Waals surface area (Å²) >= 11 is 0. The molecule has 0 aliphatic rings. The molecule has 0 radical (unpaired) electrons. The molecule has 5 nitrogen and oxygen atoms in total. The first-order valence-corrected chi connectivity index (χ1v) is 4.74. The fourth-order valence-corrected chi connectivity index (χ4v) is 1.51. The van der Waals surface area contributed by atoms with Gasteiger partial charge in [0.1, 0.15) is 0 Å². The number of benzene rings is 1. The molecular weight excluding hydrogens is 208 g/mol. The van der Waals surface area contributed by atoms with Crippen molar-refractivity contribution >= 4 is 0 Å². The van der Waals surface area contributed by atoms with Crippen molar-refractivity contribution in [1.29, 1.82) is 0 Å². The van der Waals surface area contributed by atoms with Crippen LogP contribution in [-0.2, 0) is 6.61 Å². The molecule has 0 saturated heterocycles. The topological polar surface area (TPSA) is 85.9 Å². The smallest absolute Gasteiger partial charge is 0.326 e. The Balaban J connectivity index is 2.74. The summed E-state index contributed by atoms with van der Waals surface area (Å²) < 4.78 is 0. The highest BCUT2D eigenvalue weighted by Gasteiger charge is 2.09. The van der Waals surface area contributed by atoms with E-state index in [2.05, 4.69) is 9.97 Å². The first-order valence-electron chi connectivity index (χ1n) is 4.74. The van der Waals surface area contributed by atoms with Gasteiger partial charge in [0.15, 0.2) is 0 Å². The molecule has 16 heavy (non-hydrogen) atoms. The van der Waals surface area contributed by atoms with Crippen LogP contribution in [0.5, 0.6) is 0 Å². The van der Waals surface area contributed by atoms with Gasteiger partial charge >= 0.3 is 5.69 Å². The Morgan fingerprint density at radius 2 is 1.75 bits per heavy atom. The number of aromatic nitrogens is 2. The van der Waals surface area contributed by atoms with Crippen LogP contribution in [0.1, 0.15) is 5.56 Å². The molecule has 82 valence electrons. The van der Waals surface area contributed by atoms with Crippen molar-refractivity contribution in [2.75, 3.05) is 0 Å². The molecule has 1 heterocycles. The lowest BCUT2D eigenvalue weighted by molar-refractivity contribution is 0.280. The molecule has 0 spiro atoms. The molecular formula is C11H10N2O3. The van der Waals surface area contributed by atoms with Gasteiger partial charge in [-0.05, 0) is 5.56 Å². The predicted octanol–water partition coefficient (Wildman–Crippen LogP) is 0.222. The lowest BCUT2D eigenvalue weighted by Gasteiger charge is -2.05. The van der Waals surface area contributed by atoms with E-state index >= 15 is 0 Å². The van der Waals surface area contributed by atoms with Gasteiger partial charge in [0.25, 0.3) is 5.56 Å². The van der Waals surface area contributed by atoms with E-state index < -0.39 is 17.9 Å². The Labute approximate surface area is 90.4 Å². The van der Waals surface area contributed by atoms with Crippen molar-refractivity contribution in [1.82, 2.24) is 9.97 Å². The lowest BCUT2D eigenvalue weighted by Crippen LogP contribution is -2.26. The average molecular weight is 218 g/mol. The van der Waals surface area contributed by atoms with E-state index in [1.165, 1.54) is 0 Å². The van der Waals surface area contributed by atoms with E-state index in [4.69, 9.17) is 5.11 Å². The van der Waals surface area contributed by atoms with Crippen LogP contribution in [0.3, 0.4) is 0 Å². The largest absolute Gasteiger partial charge is 0.391 e. The highest BCUT2D eigenvalue weighted by molar-refractivity contribution is 5.61. The second kappa shape index (κ2) is 4.16. The van der Waals surface area contributed by atoms with Crippen LogP contribution in [0.25, 0.3) is 11.3 Å². The number of hydrogen-bond donors (Lipinski definition) is 3. The van der Waals surface area contributed by atoms with E-state index in [9.17, 15) is 9.59 Å². The summed E-state index contributed by atoms with van der Waals surface area (Å²) in [4.78, 5) is 27.2. The molecule has 2 rings (SSSR count). The van der Waals surface area contributed by atoms with Crippen molar-refractivity contribution in [2.45, 2.75) is 6.61 Å². The maximum atomic E-state index is 11.4. The Bertz CT molecular complexity index is 599. The van der Waals surface area contributed by atoms with Crippen LogP contribution in [0.2, 0.25) is 0 Å². The van der Waals surface area contributed by atoms with Gasteiger partial charge in [-0.2, -0.15) is 0 Å². The highest BCUT2D eigenvalue weighted by Crippen LogP contribution is 2.16. The summed E-state index contributed by atoms with van der Waals surface area (Å²) in [6.07, 6.45) is 0. The van der Waals surface area contributed by atoms with E-state index in [0.717, 1.165) is 0 Å². The van der Waals surface area contributed by atoms with E-state index in [0.29, 0.717) is 11.3 Å². The lowest BCUT2D eigenvalue weighted by atomic mass is 10.1. The van der Waals surface area contributed by atoms with Crippen LogP contribution < -0.4 is 11.2 Å². The third-order valence-corrected chi connectivity index (χ3v) is 2.26. The van der Waals surface area contributed by atoms with Gasteiger partial charge in [0.2, 0.25) is 0 Å². The Morgan fingerprint density at radius 3 is 2.38 bits per heavy atom. The van der Waals surface area contributed by atoms with Crippen LogP contribution in [0.4, 0.5) is 0 Å². The molecule has 1 aromatic carbocycles. The first kappa shape index (κ1) is 10.4. The minimum absolute atomic E-state index is 0.158. The van der Waals surface area contributed by atoms with Gasteiger partial charge in [-0.15, -0.1) is 0 Å². The molecule has 5 heteroatoms. The average Bonchev–Trinajstić information content (AvgIpc) is 2.29. The van der Waals surface area contributed by atoms with Crippen molar-refractivity contribution in [3.8, 4) is 11.3 Å². The number of nitrogens with one attached hydrogen (secondary N) is 2. The maximum absolute atomic E-state index is 11.4. The zero-order valence-corrected chi connectivity index (χ0v) is 8.36. The second-order valence-electron chi connectivity index (χ2n) is 3.29. The minimum atomic E-state index is -0.582. The van der Waals surface area contributed by atoms with Crippen molar-refractivity contribution in [3.63, 3.8) is 0 Å². The monoisotopic (exact) mass is 218 g/mol. The third-order valence-electron chi connectivity index (χ3n) is 2.26. The molecule has 0 atom stereocenters. The highest BCUT2D eigenvalue weighted by atomic mass is 16.3. The Morgan fingerprint density at radius 1 is 1.06 bits per heavy atom. The minimum Gasteiger partial charge on any atom is -0.391 e.